The zero-order valence-electron chi connectivity index (χ0n) is 9.42. The van der Waals surface area contributed by atoms with Crippen LogP contribution in [0.3, 0.4) is 0 Å². The van der Waals surface area contributed by atoms with Gasteiger partial charge in [0.05, 0.1) is 5.02 Å². The molecule has 3 rings (SSSR count). The van der Waals surface area contributed by atoms with Gasteiger partial charge in [-0.3, -0.25) is 0 Å². The molecule has 1 aliphatic carbocycles. The van der Waals surface area contributed by atoms with Gasteiger partial charge in [0, 0.05) is 6.20 Å². The molecule has 0 radical (unpaired) electrons. The van der Waals surface area contributed by atoms with Gasteiger partial charge >= 0.3 is 0 Å². The van der Waals surface area contributed by atoms with E-state index in [4.69, 9.17) is 11.6 Å². The van der Waals surface area contributed by atoms with E-state index >= 15 is 0 Å². The smallest absolute Gasteiger partial charge is 0.124 e. The molecule has 0 aromatic carbocycles. The van der Waals surface area contributed by atoms with E-state index in [1.807, 2.05) is 12.3 Å². The maximum atomic E-state index is 6.10. The second kappa shape index (κ2) is 4.71. The number of piperidine rings is 1. The predicted octanol–water partition coefficient (Wildman–Crippen LogP) is 3.51. The van der Waals surface area contributed by atoms with E-state index in [-0.39, 0.29) is 0 Å². The molecule has 1 saturated heterocycles. The third-order valence-corrected chi connectivity index (χ3v) is 4.88. The second-order valence-corrected chi connectivity index (χ2v) is 5.97. The van der Waals surface area contributed by atoms with Crippen LogP contribution in [0.5, 0.6) is 0 Å². The SMILES string of the molecule is Clc1cc(C2=C[C@@H]3CCNC[C@@H]3C2)cnc1Br. The van der Waals surface area contributed by atoms with Crippen molar-refractivity contribution >= 4 is 33.1 Å². The lowest BCUT2D eigenvalue weighted by Crippen LogP contribution is -2.33. The molecule has 1 N–H and O–H groups in total. The molecular formula is C13H14BrClN2. The van der Waals surface area contributed by atoms with Crippen molar-refractivity contribution in [3.8, 4) is 0 Å². The molecule has 1 aromatic heterocycles. The van der Waals surface area contributed by atoms with E-state index in [1.54, 1.807) is 0 Å². The summed E-state index contributed by atoms with van der Waals surface area (Å²) in [5.74, 6) is 1.51. The molecule has 2 atom stereocenters. The summed E-state index contributed by atoms with van der Waals surface area (Å²) >= 11 is 9.42. The summed E-state index contributed by atoms with van der Waals surface area (Å²) in [6.45, 7) is 2.28. The number of hydrogen-bond acceptors (Lipinski definition) is 2. The first-order valence-electron chi connectivity index (χ1n) is 5.97. The van der Waals surface area contributed by atoms with E-state index in [0.717, 1.165) is 35.9 Å². The topological polar surface area (TPSA) is 24.9 Å². The molecule has 0 amide bonds. The van der Waals surface area contributed by atoms with Gasteiger partial charge in [-0.1, -0.05) is 17.7 Å². The summed E-state index contributed by atoms with van der Waals surface area (Å²) in [4.78, 5) is 4.27. The number of fused-ring (bicyclic) bond motifs is 1. The fourth-order valence-corrected chi connectivity index (χ4v) is 3.19. The highest BCUT2D eigenvalue weighted by atomic mass is 79.9. The van der Waals surface area contributed by atoms with Crippen LogP contribution in [0.25, 0.3) is 5.57 Å². The number of halogens is 2. The maximum Gasteiger partial charge on any atom is 0.124 e. The van der Waals surface area contributed by atoms with Crippen molar-refractivity contribution < 1.29 is 0 Å². The first-order valence-corrected chi connectivity index (χ1v) is 7.14. The molecular weight excluding hydrogens is 300 g/mol. The van der Waals surface area contributed by atoms with Crippen LogP contribution in [-0.2, 0) is 0 Å². The number of nitrogens with zero attached hydrogens (tertiary/aromatic N) is 1. The fourth-order valence-electron chi connectivity index (χ4n) is 2.81. The molecule has 4 heteroatoms. The van der Waals surface area contributed by atoms with Crippen LogP contribution in [0.15, 0.2) is 22.9 Å². The number of hydrogen-bond donors (Lipinski definition) is 1. The summed E-state index contributed by atoms with van der Waals surface area (Å²) in [5.41, 5.74) is 2.58. The van der Waals surface area contributed by atoms with Crippen molar-refractivity contribution in [2.75, 3.05) is 13.1 Å². The molecule has 0 bridgehead atoms. The molecule has 1 fully saturated rings. The Balaban J connectivity index is 1.87. The van der Waals surface area contributed by atoms with Crippen LogP contribution in [0.1, 0.15) is 18.4 Å². The number of nitrogens with one attached hydrogen (secondary N) is 1. The molecule has 17 heavy (non-hydrogen) atoms. The summed E-state index contributed by atoms with van der Waals surface area (Å²) in [7, 11) is 0. The molecule has 90 valence electrons. The molecule has 2 aliphatic rings. The van der Waals surface area contributed by atoms with Crippen LogP contribution < -0.4 is 5.32 Å². The second-order valence-electron chi connectivity index (χ2n) is 4.81. The summed E-state index contributed by atoms with van der Waals surface area (Å²) in [6.07, 6.45) is 6.74. The lowest BCUT2D eigenvalue weighted by Gasteiger charge is -2.25. The molecule has 0 spiro atoms. The number of aromatic nitrogens is 1. The van der Waals surface area contributed by atoms with E-state index in [9.17, 15) is 0 Å². The summed E-state index contributed by atoms with van der Waals surface area (Å²) in [6, 6.07) is 2.01. The molecule has 1 aromatic rings. The molecule has 0 saturated carbocycles. The standard InChI is InChI=1S/C13H14BrClN2/c14-13-12(15)5-11(7-17-13)9-3-8-1-2-16-6-10(8)4-9/h3,5,7-8,10,16H,1-2,4,6H2/t8-,10-/m0/s1. The van der Waals surface area contributed by atoms with Gasteiger partial charge in [-0.2, -0.15) is 0 Å². The van der Waals surface area contributed by atoms with Gasteiger partial charge in [0.1, 0.15) is 4.60 Å². The van der Waals surface area contributed by atoms with Crippen molar-refractivity contribution in [1.82, 2.24) is 10.3 Å². The van der Waals surface area contributed by atoms with Gasteiger partial charge in [-0.25, -0.2) is 4.98 Å². The van der Waals surface area contributed by atoms with Gasteiger partial charge in [-0.05, 0) is 70.9 Å². The third-order valence-electron chi connectivity index (χ3n) is 3.73. The maximum absolute atomic E-state index is 6.10. The average Bonchev–Trinajstić information content (AvgIpc) is 2.76. The lowest BCUT2D eigenvalue weighted by molar-refractivity contribution is 0.324. The summed E-state index contributed by atoms with van der Waals surface area (Å²) < 4.78 is 0.723. The van der Waals surface area contributed by atoms with Crippen molar-refractivity contribution in [3.05, 3.63) is 33.5 Å². The van der Waals surface area contributed by atoms with Crippen LogP contribution >= 0.6 is 27.5 Å². The van der Waals surface area contributed by atoms with E-state index in [1.165, 1.54) is 17.6 Å². The highest BCUT2D eigenvalue weighted by molar-refractivity contribution is 9.10. The van der Waals surface area contributed by atoms with Gasteiger partial charge in [0.25, 0.3) is 0 Å². The number of pyridine rings is 1. The van der Waals surface area contributed by atoms with E-state index in [2.05, 4.69) is 32.3 Å². The van der Waals surface area contributed by atoms with Gasteiger partial charge in [0.2, 0.25) is 0 Å². The van der Waals surface area contributed by atoms with Crippen LogP contribution in [0.2, 0.25) is 5.02 Å². The van der Waals surface area contributed by atoms with Crippen LogP contribution in [0, 0.1) is 11.8 Å². The minimum absolute atomic E-state index is 0.691. The molecule has 0 unspecified atom stereocenters. The lowest BCUT2D eigenvalue weighted by atomic mass is 9.89. The third kappa shape index (κ3) is 2.28. The van der Waals surface area contributed by atoms with Gasteiger partial charge in [0.15, 0.2) is 0 Å². The monoisotopic (exact) mass is 312 g/mol. The normalized spacial score (nSPS) is 27.8. The average molecular weight is 314 g/mol. The number of rotatable bonds is 1. The Labute approximate surface area is 115 Å². The summed E-state index contributed by atoms with van der Waals surface area (Å²) in [5, 5.41) is 4.16. The highest BCUT2D eigenvalue weighted by Crippen LogP contribution is 2.39. The van der Waals surface area contributed by atoms with Gasteiger partial charge < -0.3 is 5.32 Å². The zero-order valence-corrected chi connectivity index (χ0v) is 11.8. The highest BCUT2D eigenvalue weighted by Gasteiger charge is 2.30. The van der Waals surface area contributed by atoms with Gasteiger partial charge in [-0.15, -0.1) is 0 Å². The van der Waals surface area contributed by atoms with Crippen LogP contribution in [0.4, 0.5) is 0 Å². The van der Waals surface area contributed by atoms with E-state index < -0.39 is 0 Å². The predicted molar refractivity (Wildman–Crippen MR) is 74.0 cm³/mol. The zero-order chi connectivity index (χ0) is 11.8. The van der Waals surface area contributed by atoms with Crippen molar-refractivity contribution in [3.63, 3.8) is 0 Å². The first kappa shape index (κ1) is 11.7. The van der Waals surface area contributed by atoms with E-state index in [0.29, 0.717) is 5.02 Å². The van der Waals surface area contributed by atoms with Crippen molar-refractivity contribution in [1.29, 1.82) is 0 Å². The Hall–Kier alpha value is -0.380. The quantitative estimate of drug-likeness (QED) is 0.803. The largest absolute Gasteiger partial charge is 0.316 e. The van der Waals surface area contributed by atoms with Crippen LogP contribution in [-0.4, -0.2) is 18.1 Å². The minimum Gasteiger partial charge on any atom is -0.316 e. The number of allylic oxidation sites excluding steroid dienone is 2. The van der Waals surface area contributed by atoms with Crippen molar-refractivity contribution in [2.45, 2.75) is 12.8 Å². The Morgan fingerprint density at radius 3 is 3.12 bits per heavy atom. The Bertz CT molecular complexity index is 472. The molecule has 2 nitrogen and oxygen atoms in total. The Morgan fingerprint density at radius 2 is 2.35 bits per heavy atom. The Morgan fingerprint density at radius 1 is 1.47 bits per heavy atom. The fraction of sp³-hybridized carbons (Fsp3) is 0.462. The van der Waals surface area contributed by atoms with Crippen molar-refractivity contribution in [2.24, 2.45) is 11.8 Å². The Kier molecular flexibility index (Phi) is 3.24. The minimum atomic E-state index is 0.691. The molecule has 2 heterocycles. The first-order chi connectivity index (χ1) is 8.24. The molecule has 1 aliphatic heterocycles.